The van der Waals surface area contributed by atoms with Gasteiger partial charge in [-0.05, 0) is 35.4 Å². The molecule has 2 aliphatic rings. The van der Waals surface area contributed by atoms with Crippen molar-refractivity contribution in [1.29, 1.82) is 0 Å². The van der Waals surface area contributed by atoms with Gasteiger partial charge in [0.1, 0.15) is 0 Å². The maximum Gasteiger partial charge on any atom is 0.197 e. The topological polar surface area (TPSA) is 32.7 Å². The van der Waals surface area contributed by atoms with Crippen molar-refractivity contribution in [2.75, 3.05) is 5.01 Å². The normalized spacial score (nSPS) is 20.7. The van der Waals surface area contributed by atoms with E-state index in [0.29, 0.717) is 11.4 Å². The standard InChI is InChI=1S/C22H15ClN2O/c23-17-12-10-15(11-13-17)19-14-22(16-6-2-1-3-7-16)21(26)18-8-4-5-9-20(18)25(22)24-19/h1-13H,14H2. The maximum absolute atomic E-state index is 13.5. The number of ketones is 1. The number of hydrogen-bond acceptors (Lipinski definition) is 3. The molecule has 3 aromatic carbocycles. The highest BCUT2D eigenvalue weighted by atomic mass is 35.5. The first-order chi connectivity index (χ1) is 12.7. The molecule has 26 heavy (non-hydrogen) atoms. The first-order valence-electron chi connectivity index (χ1n) is 8.53. The second-order valence-corrected chi connectivity index (χ2v) is 7.05. The molecule has 5 rings (SSSR count). The van der Waals surface area contributed by atoms with Gasteiger partial charge in [-0.3, -0.25) is 4.79 Å². The number of anilines is 1. The monoisotopic (exact) mass is 358 g/mol. The first kappa shape index (κ1) is 15.4. The summed E-state index contributed by atoms with van der Waals surface area (Å²) in [6.07, 6.45) is 0.534. The summed E-state index contributed by atoms with van der Waals surface area (Å²) >= 11 is 6.02. The molecule has 0 bridgehead atoms. The first-order valence-corrected chi connectivity index (χ1v) is 8.91. The lowest BCUT2D eigenvalue weighted by molar-refractivity contribution is 0.0908. The van der Waals surface area contributed by atoms with Gasteiger partial charge < -0.3 is 0 Å². The van der Waals surface area contributed by atoms with E-state index in [1.54, 1.807) is 0 Å². The Hall–Kier alpha value is -2.91. The Balaban J connectivity index is 1.71. The summed E-state index contributed by atoms with van der Waals surface area (Å²) in [4.78, 5) is 13.5. The second kappa shape index (κ2) is 5.55. The highest BCUT2D eigenvalue weighted by Crippen LogP contribution is 2.50. The van der Waals surface area contributed by atoms with Crippen LogP contribution in [-0.2, 0) is 5.54 Å². The fraction of sp³-hybridized carbons (Fsp3) is 0.0909. The zero-order chi connectivity index (χ0) is 17.7. The molecule has 1 unspecified atom stereocenters. The lowest BCUT2D eigenvalue weighted by Crippen LogP contribution is -2.42. The Morgan fingerprint density at radius 1 is 0.885 bits per heavy atom. The molecule has 3 nitrogen and oxygen atoms in total. The molecule has 0 fully saturated rings. The van der Waals surface area contributed by atoms with Gasteiger partial charge in [-0.15, -0.1) is 0 Å². The van der Waals surface area contributed by atoms with E-state index in [2.05, 4.69) is 0 Å². The van der Waals surface area contributed by atoms with Gasteiger partial charge >= 0.3 is 0 Å². The molecule has 3 aromatic rings. The van der Waals surface area contributed by atoms with Gasteiger partial charge in [-0.25, -0.2) is 5.01 Å². The molecule has 0 amide bonds. The fourth-order valence-electron chi connectivity index (χ4n) is 3.94. The van der Waals surface area contributed by atoms with E-state index >= 15 is 0 Å². The molecule has 0 saturated heterocycles. The average Bonchev–Trinajstić information content (AvgIpc) is 3.19. The van der Waals surface area contributed by atoms with Gasteiger partial charge in [0, 0.05) is 17.0 Å². The van der Waals surface area contributed by atoms with Crippen LogP contribution in [0.5, 0.6) is 0 Å². The molecule has 2 aliphatic heterocycles. The third-order valence-electron chi connectivity index (χ3n) is 5.19. The van der Waals surface area contributed by atoms with Crippen molar-refractivity contribution >= 4 is 28.8 Å². The number of nitrogens with zero attached hydrogens (tertiary/aromatic N) is 2. The minimum absolute atomic E-state index is 0.104. The largest absolute Gasteiger partial charge is 0.291 e. The zero-order valence-corrected chi connectivity index (χ0v) is 14.6. The van der Waals surface area contributed by atoms with E-state index in [1.165, 1.54) is 0 Å². The lowest BCUT2D eigenvalue weighted by atomic mass is 9.81. The molecule has 0 saturated carbocycles. The Bertz CT molecular complexity index is 1040. The van der Waals surface area contributed by atoms with Crippen molar-refractivity contribution in [3.8, 4) is 0 Å². The lowest BCUT2D eigenvalue weighted by Gasteiger charge is -2.30. The van der Waals surface area contributed by atoms with Crippen LogP contribution in [0.1, 0.15) is 27.9 Å². The van der Waals surface area contributed by atoms with Gasteiger partial charge in [0.05, 0.1) is 11.4 Å². The van der Waals surface area contributed by atoms with Crippen LogP contribution in [0, 0.1) is 0 Å². The number of hydrogen-bond donors (Lipinski definition) is 0. The van der Waals surface area contributed by atoms with Crippen LogP contribution in [0.25, 0.3) is 0 Å². The molecule has 0 spiro atoms. The molecule has 0 aromatic heterocycles. The van der Waals surface area contributed by atoms with Gasteiger partial charge in [0.15, 0.2) is 11.3 Å². The quantitative estimate of drug-likeness (QED) is 0.642. The van der Waals surface area contributed by atoms with Crippen LogP contribution in [0.4, 0.5) is 5.69 Å². The van der Waals surface area contributed by atoms with Crippen molar-refractivity contribution in [3.05, 3.63) is 101 Å². The Kier molecular flexibility index (Phi) is 3.28. The van der Waals surface area contributed by atoms with Crippen molar-refractivity contribution < 1.29 is 4.79 Å². The number of hydrazone groups is 1. The molecular weight excluding hydrogens is 344 g/mol. The predicted octanol–water partition coefficient (Wildman–Crippen LogP) is 5.05. The molecule has 0 N–H and O–H groups in total. The summed E-state index contributed by atoms with van der Waals surface area (Å²) in [5.74, 6) is 0.104. The summed E-state index contributed by atoms with van der Waals surface area (Å²) in [6, 6.07) is 25.3. The van der Waals surface area contributed by atoms with Crippen LogP contribution < -0.4 is 5.01 Å². The van der Waals surface area contributed by atoms with Gasteiger partial charge in [-0.2, -0.15) is 5.10 Å². The van der Waals surface area contributed by atoms with Crippen molar-refractivity contribution in [2.24, 2.45) is 5.10 Å². The average molecular weight is 359 g/mol. The molecule has 4 heteroatoms. The highest BCUT2D eigenvalue weighted by Gasteiger charge is 2.56. The fourth-order valence-corrected chi connectivity index (χ4v) is 4.07. The summed E-state index contributed by atoms with van der Waals surface area (Å²) in [5.41, 5.74) is 3.65. The predicted molar refractivity (Wildman–Crippen MR) is 104 cm³/mol. The van der Waals surface area contributed by atoms with E-state index < -0.39 is 5.54 Å². The number of Topliss-reactive ketones (excluding diaryl/α,β-unsaturated/α-hetero) is 1. The molecule has 1 atom stereocenters. The van der Waals surface area contributed by atoms with Gasteiger partial charge in [-0.1, -0.05) is 66.2 Å². The number of para-hydroxylation sites is 1. The van der Waals surface area contributed by atoms with Crippen LogP contribution in [0.2, 0.25) is 5.02 Å². The van der Waals surface area contributed by atoms with Crippen LogP contribution >= 0.6 is 11.6 Å². The molecule has 2 heterocycles. The van der Waals surface area contributed by atoms with Crippen molar-refractivity contribution in [2.45, 2.75) is 12.0 Å². The summed E-state index contributed by atoms with van der Waals surface area (Å²) in [6.45, 7) is 0. The Morgan fingerprint density at radius 3 is 2.35 bits per heavy atom. The van der Waals surface area contributed by atoms with E-state index in [4.69, 9.17) is 16.7 Å². The second-order valence-electron chi connectivity index (χ2n) is 6.61. The number of fused-ring (bicyclic) bond motifs is 3. The van der Waals surface area contributed by atoms with Gasteiger partial charge in [0.2, 0.25) is 0 Å². The zero-order valence-electron chi connectivity index (χ0n) is 13.9. The summed E-state index contributed by atoms with van der Waals surface area (Å²) in [7, 11) is 0. The van der Waals surface area contributed by atoms with E-state index in [0.717, 1.165) is 28.1 Å². The number of benzene rings is 3. The molecule has 126 valence electrons. The Labute approximate surface area is 156 Å². The van der Waals surface area contributed by atoms with Crippen LogP contribution in [0.15, 0.2) is 84.0 Å². The van der Waals surface area contributed by atoms with Crippen LogP contribution in [0.3, 0.4) is 0 Å². The number of carbonyl (C=O) groups excluding carboxylic acids is 1. The number of rotatable bonds is 2. The third-order valence-corrected chi connectivity index (χ3v) is 5.44. The van der Waals surface area contributed by atoms with E-state index in [-0.39, 0.29) is 5.78 Å². The highest BCUT2D eigenvalue weighted by molar-refractivity contribution is 6.30. The third kappa shape index (κ3) is 2.01. The maximum atomic E-state index is 13.5. The smallest absolute Gasteiger partial charge is 0.197 e. The SMILES string of the molecule is O=C1c2ccccc2N2N=C(c3ccc(Cl)cc3)CC12c1ccccc1. The summed E-state index contributed by atoms with van der Waals surface area (Å²) < 4.78 is 0. The van der Waals surface area contributed by atoms with E-state index in [1.807, 2.05) is 83.9 Å². The number of halogens is 1. The minimum atomic E-state index is -0.806. The van der Waals surface area contributed by atoms with Crippen molar-refractivity contribution in [3.63, 3.8) is 0 Å². The van der Waals surface area contributed by atoms with E-state index in [9.17, 15) is 4.79 Å². The van der Waals surface area contributed by atoms with Gasteiger partial charge in [0.25, 0.3) is 0 Å². The molecule has 0 radical (unpaired) electrons. The Morgan fingerprint density at radius 2 is 1.58 bits per heavy atom. The summed E-state index contributed by atoms with van der Waals surface area (Å²) in [5, 5.41) is 7.47. The number of carbonyl (C=O) groups is 1. The van der Waals surface area contributed by atoms with Crippen LogP contribution in [-0.4, -0.2) is 11.5 Å². The minimum Gasteiger partial charge on any atom is -0.291 e. The van der Waals surface area contributed by atoms with Crippen molar-refractivity contribution in [1.82, 2.24) is 0 Å². The molecular formula is C22H15ClN2O. The molecule has 0 aliphatic carbocycles.